The van der Waals surface area contributed by atoms with E-state index in [2.05, 4.69) is 0 Å². The fourth-order valence-corrected chi connectivity index (χ4v) is 6.93. The minimum absolute atomic E-state index is 0.0269. The Morgan fingerprint density at radius 2 is 1.69 bits per heavy atom. The second kappa shape index (κ2) is 9.47. The van der Waals surface area contributed by atoms with Crippen LogP contribution in [0.4, 0.5) is 17.6 Å². The van der Waals surface area contributed by atoms with Crippen LogP contribution in [0.2, 0.25) is 5.02 Å². The number of amides is 1. The van der Waals surface area contributed by atoms with Gasteiger partial charge in [-0.25, -0.2) is 4.39 Å². The molecule has 3 aliphatic rings. The first-order valence-corrected chi connectivity index (χ1v) is 13.5. The van der Waals surface area contributed by atoms with Crippen LogP contribution in [0.3, 0.4) is 0 Å². The average Bonchev–Trinajstić information content (AvgIpc) is 3.37. The Bertz CT molecular complexity index is 1290. The van der Waals surface area contributed by atoms with Gasteiger partial charge in [0.2, 0.25) is 5.67 Å². The van der Waals surface area contributed by atoms with E-state index in [1.165, 1.54) is 12.1 Å². The molecule has 1 heterocycles. The summed E-state index contributed by atoms with van der Waals surface area (Å²) >= 11 is 6.07. The predicted molar refractivity (Wildman–Crippen MR) is 136 cm³/mol. The topological polar surface area (TPSA) is 77.8 Å². The highest BCUT2D eigenvalue weighted by Gasteiger charge is 2.58. The molecule has 210 valence electrons. The molecule has 39 heavy (non-hydrogen) atoms. The minimum atomic E-state index is -5.09. The monoisotopic (exact) mass is 567 g/mol. The third kappa shape index (κ3) is 4.61. The number of nitrogens with zero attached hydrogens (tertiary/aromatic N) is 1. The van der Waals surface area contributed by atoms with Gasteiger partial charge in [-0.1, -0.05) is 41.9 Å². The van der Waals surface area contributed by atoms with Crippen LogP contribution in [-0.2, 0) is 33.5 Å². The Morgan fingerprint density at radius 3 is 2.28 bits per heavy atom. The first-order chi connectivity index (χ1) is 18.2. The van der Waals surface area contributed by atoms with Crippen LogP contribution in [0.25, 0.3) is 0 Å². The molecule has 2 aliphatic carbocycles. The molecule has 1 aliphatic heterocycles. The van der Waals surface area contributed by atoms with Gasteiger partial charge in [-0.2, -0.15) is 13.2 Å². The maximum atomic E-state index is 14.9. The Balaban J connectivity index is 1.51. The van der Waals surface area contributed by atoms with E-state index in [1.54, 1.807) is 23.1 Å². The van der Waals surface area contributed by atoms with Crippen molar-refractivity contribution >= 4 is 23.5 Å². The van der Waals surface area contributed by atoms with E-state index in [9.17, 15) is 37.4 Å². The zero-order valence-electron chi connectivity index (χ0n) is 21.4. The molecule has 5 rings (SSSR count). The summed E-state index contributed by atoms with van der Waals surface area (Å²) in [4.78, 5) is 26.8. The maximum Gasteiger partial charge on any atom is 0.426 e. The van der Waals surface area contributed by atoms with Gasteiger partial charge in [0, 0.05) is 23.0 Å². The number of carbonyl (C=O) groups is 2. The lowest BCUT2D eigenvalue weighted by atomic mass is 9.73. The molecule has 1 saturated carbocycles. The molecule has 0 bridgehead atoms. The van der Waals surface area contributed by atoms with Gasteiger partial charge < -0.3 is 15.1 Å². The third-order valence-electron chi connectivity index (χ3n) is 9.20. The van der Waals surface area contributed by atoms with Crippen molar-refractivity contribution in [3.63, 3.8) is 0 Å². The van der Waals surface area contributed by atoms with E-state index in [-0.39, 0.29) is 32.1 Å². The molecule has 3 atom stereocenters. The molecular formula is C29H30ClF4NO4. The quantitative estimate of drug-likeness (QED) is 0.452. The molecule has 5 nitrogen and oxygen atoms in total. The molecule has 2 N–H and O–H groups in total. The average molecular weight is 568 g/mol. The number of aliphatic carboxylic acids is 1. The first-order valence-electron chi connectivity index (χ1n) is 13.1. The van der Waals surface area contributed by atoms with Gasteiger partial charge in [0.1, 0.15) is 5.60 Å². The van der Waals surface area contributed by atoms with Gasteiger partial charge in [0.25, 0.3) is 5.91 Å². The summed E-state index contributed by atoms with van der Waals surface area (Å²) < 4.78 is 55.3. The molecular weight excluding hydrogens is 538 g/mol. The van der Waals surface area contributed by atoms with Crippen molar-refractivity contribution in [2.45, 2.75) is 80.8 Å². The first kappa shape index (κ1) is 27.9. The molecule has 2 fully saturated rings. The fourth-order valence-electron chi connectivity index (χ4n) is 6.81. The summed E-state index contributed by atoms with van der Waals surface area (Å²) in [5.74, 6) is -2.04. The van der Waals surface area contributed by atoms with Gasteiger partial charge in [0.05, 0.1) is 5.92 Å². The molecule has 10 heteroatoms. The van der Waals surface area contributed by atoms with Gasteiger partial charge in [-0.15, -0.1) is 0 Å². The highest BCUT2D eigenvalue weighted by molar-refractivity contribution is 6.30. The second-order valence-corrected chi connectivity index (χ2v) is 11.9. The van der Waals surface area contributed by atoms with Gasteiger partial charge in [-0.3, -0.25) is 9.59 Å². The van der Waals surface area contributed by atoms with Crippen molar-refractivity contribution in [3.8, 4) is 0 Å². The smallest absolute Gasteiger partial charge is 0.426 e. The lowest BCUT2D eigenvalue weighted by molar-refractivity contribution is -0.228. The van der Waals surface area contributed by atoms with E-state index in [4.69, 9.17) is 11.6 Å². The van der Waals surface area contributed by atoms with Crippen molar-refractivity contribution in [2.24, 2.45) is 5.92 Å². The zero-order chi connectivity index (χ0) is 28.4. The standard InChI is InChI=1S/C29H30ClF4NO4/c1-26(31,29(32,33)34)20-4-7-22-19(14-20)15-23-27(22,16-17-2-5-21(30)6-3-17)12-13-35(23)25(38)28(39)10-8-18(9-11-28)24(36)37/h2-7,14,18,23,39H,8-13,15-16H2,1H3,(H,36,37)/t18-,23?,26?,27?,28+. The van der Waals surface area contributed by atoms with E-state index in [0.717, 1.165) is 11.1 Å². The normalized spacial score (nSPS) is 30.0. The highest BCUT2D eigenvalue weighted by atomic mass is 35.5. The van der Waals surface area contributed by atoms with Crippen LogP contribution in [0.1, 0.15) is 61.3 Å². The number of hydrogen-bond donors (Lipinski definition) is 2. The van der Waals surface area contributed by atoms with E-state index in [0.29, 0.717) is 36.9 Å². The number of hydrogen-bond acceptors (Lipinski definition) is 3. The predicted octanol–water partition coefficient (Wildman–Crippen LogP) is 5.73. The largest absolute Gasteiger partial charge is 0.481 e. The summed E-state index contributed by atoms with van der Waals surface area (Å²) in [5.41, 5.74) is -4.09. The molecule has 2 aromatic rings. The SMILES string of the molecule is CC(F)(c1ccc2c(c1)CC1N(C(=O)[C@]3(O)CC[C@@H](C(=O)O)CC3)CCC21Cc1ccc(Cl)cc1)C(F)(F)F. The number of halogens is 5. The van der Waals surface area contributed by atoms with Crippen LogP contribution in [0.5, 0.6) is 0 Å². The Morgan fingerprint density at radius 1 is 1.05 bits per heavy atom. The Hall–Kier alpha value is -2.65. The molecule has 2 aromatic carbocycles. The van der Waals surface area contributed by atoms with Crippen LogP contribution in [0.15, 0.2) is 42.5 Å². The summed E-state index contributed by atoms with van der Waals surface area (Å²) in [6.45, 7) is 0.846. The van der Waals surface area contributed by atoms with E-state index < -0.39 is 52.3 Å². The lowest BCUT2D eigenvalue weighted by Crippen LogP contribution is -2.54. The number of rotatable bonds is 5. The van der Waals surface area contributed by atoms with Crippen molar-refractivity contribution in [1.29, 1.82) is 0 Å². The number of fused-ring (bicyclic) bond motifs is 3. The number of carbonyl (C=O) groups excluding carboxylic acids is 1. The minimum Gasteiger partial charge on any atom is -0.481 e. The maximum absolute atomic E-state index is 14.9. The number of aliphatic hydroxyl groups is 1. The van der Waals surface area contributed by atoms with Crippen LogP contribution >= 0.6 is 11.6 Å². The highest BCUT2D eigenvalue weighted by Crippen LogP contribution is 2.53. The summed E-state index contributed by atoms with van der Waals surface area (Å²) in [6.07, 6.45) is -3.45. The fraction of sp³-hybridized carbons (Fsp3) is 0.517. The number of carboxylic acid groups (broad SMARTS) is 1. The number of carboxylic acids is 1. The second-order valence-electron chi connectivity index (χ2n) is 11.4. The zero-order valence-corrected chi connectivity index (χ0v) is 22.2. The summed E-state index contributed by atoms with van der Waals surface area (Å²) in [6, 6.07) is 10.8. The molecule has 0 spiro atoms. The van der Waals surface area contributed by atoms with Crippen molar-refractivity contribution in [1.82, 2.24) is 4.90 Å². The molecule has 0 radical (unpaired) electrons. The number of alkyl halides is 4. The van der Waals surface area contributed by atoms with Crippen LogP contribution in [-0.4, -0.2) is 51.4 Å². The van der Waals surface area contributed by atoms with E-state index >= 15 is 0 Å². The lowest BCUT2D eigenvalue weighted by Gasteiger charge is -2.39. The van der Waals surface area contributed by atoms with Crippen molar-refractivity contribution in [3.05, 3.63) is 69.7 Å². The van der Waals surface area contributed by atoms with E-state index in [1.807, 2.05) is 12.1 Å². The molecule has 1 amide bonds. The summed E-state index contributed by atoms with van der Waals surface area (Å²) in [5, 5.41) is 21.2. The van der Waals surface area contributed by atoms with Gasteiger partial charge >= 0.3 is 12.1 Å². The molecule has 3 unspecified atom stereocenters. The van der Waals surface area contributed by atoms with Gasteiger partial charge in [0.15, 0.2) is 0 Å². The van der Waals surface area contributed by atoms with Crippen molar-refractivity contribution < 1.29 is 37.4 Å². The van der Waals surface area contributed by atoms with Gasteiger partial charge in [-0.05, 0) is 86.3 Å². The Kier molecular flexibility index (Phi) is 6.78. The summed E-state index contributed by atoms with van der Waals surface area (Å²) in [7, 11) is 0. The Labute approximate surface area is 228 Å². The number of benzene rings is 2. The molecule has 1 saturated heterocycles. The molecule has 0 aromatic heterocycles. The number of likely N-dealkylation sites (tertiary alicyclic amines) is 1. The third-order valence-corrected chi connectivity index (χ3v) is 9.45. The van der Waals surface area contributed by atoms with Crippen LogP contribution in [0, 0.1) is 5.92 Å². The van der Waals surface area contributed by atoms with Crippen LogP contribution < -0.4 is 0 Å². The van der Waals surface area contributed by atoms with Crippen molar-refractivity contribution in [2.75, 3.05) is 6.54 Å².